The van der Waals surface area contributed by atoms with E-state index in [2.05, 4.69) is 31.0 Å². The second-order valence-electron chi connectivity index (χ2n) is 5.14. The number of likely N-dealkylation sites (tertiary alicyclic amines) is 1. The van der Waals surface area contributed by atoms with E-state index in [1.165, 1.54) is 19.3 Å². The van der Waals surface area contributed by atoms with Gasteiger partial charge < -0.3 is 4.90 Å². The fourth-order valence-corrected chi connectivity index (χ4v) is 3.35. The van der Waals surface area contributed by atoms with Gasteiger partial charge in [-0.2, -0.15) is 0 Å². The lowest BCUT2D eigenvalue weighted by Crippen LogP contribution is -2.35. The molecular formula is C14H19BrClN3O. The van der Waals surface area contributed by atoms with Crippen LogP contribution in [0.5, 0.6) is 0 Å². The first-order chi connectivity index (χ1) is 9.70. The van der Waals surface area contributed by atoms with E-state index in [0.29, 0.717) is 6.42 Å². The number of nitroso groups, excluding NO2 is 1. The molecule has 0 radical (unpaired) electrons. The zero-order valence-electron chi connectivity index (χ0n) is 11.3. The summed E-state index contributed by atoms with van der Waals surface area (Å²) in [5, 5.41) is 3.02. The third-order valence-corrected chi connectivity index (χ3v) is 4.55. The van der Waals surface area contributed by atoms with Gasteiger partial charge in [0.15, 0.2) is 4.95 Å². The molecule has 1 aromatic rings. The number of alkyl halides is 2. The van der Waals surface area contributed by atoms with Gasteiger partial charge in [-0.05, 0) is 37.2 Å². The largest absolute Gasteiger partial charge is 0.302 e. The van der Waals surface area contributed by atoms with Crippen LogP contribution in [0.4, 0.5) is 0 Å². The Morgan fingerprint density at radius 1 is 1.40 bits per heavy atom. The van der Waals surface area contributed by atoms with Crippen LogP contribution in [0.25, 0.3) is 0 Å². The number of aromatic nitrogens is 1. The molecule has 1 fully saturated rings. The third-order valence-electron chi connectivity index (χ3n) is 3.59. The summed E-state index contributed by atoms with van der Waals surface area (Å²) in [6, 6.07) is 3.68. The lowest BCUT2D eigenvalue weighted by molar-refractivity contribution is 0.228. The molecule has 0 aliphatic carbocycles. The van der Waals surface area contributed by atoms with Crippen molar-refractivity contribution in [2.45, 2.75) is 36.0 Å². The molecule has 1 aliphatic heterocycles. The standard InChI is InChI=1S/C14H19BrClN3O/c15-14(18-20)12-5-4-6-17-13(12)9-11(16)10-19-7-2-1-3-8-19/h4-6,11,14H,1-3,7-10H2. The molecule has 20 heavy (non-hydrogen) atoms. The number of hydrogen-bond donors (Lipinski definition) is 0. The van der Waals surface area contributed by atoms with Gasteiger partial charge in [0, 0.05) is 30.4 Å². The van der Waals surface area contributed by atoms with E-state index in [1.54, 1.807) is 6.20 Å². The quantitative estimate of drug-likeness (QED) is 0.439. The first-order valence-corrected chi connectivity index (χ1v) is 8.32. The van der Waals surface area contributed by atoms with Crippen LogP contribution >= 0.6 is 27.5 Å². The molecule has 2 rings (SSSR count). The van der Waals surface area contributed by atoms with Gasteiger partial charge in [0.05, 0.1) is 5.38 Å². The van der Waals surface area contributed by atoms with E-state index < -0.39 is 4.95 Å². The Labute approximate surface area is 133 Å². The fraction of sp³-hybridized carbons (Fsp3) is 0.643. The van der Waals surface area contributed by atoms with Crippen molar-refractivity contribution >= 4 is 27.5 Å². The number of rotatable bonds is 6. The Balaban J connectivity index is 1.96. The van der Waals surface area contributed by atoms with Crippen LogP contribution in [-0.4, -0.2) is 34.9 Å². The molecule has 0 amide bonds. The van der Waals surface area contributed by atoms with Crippen LogP contribution in [0.3, 0.4) is 0 Å². The van der Waals surface area contributed by atoms with Gasteiger partial charge in [-0.25, -0.2) is 0 Å². The van der Waals surface area contributed by atoms with Gasteiger partial charge in [0.25, 0.3) is 0 Å². The second-order valence-corrected chi connectivity index (χ2v) is 6.63. The molecule has 1 aromatic heterocycles. The van der Waals surface area contributed by atoms with Crippen molar-refractivity contribution in [3.05, 3.63) is 34.5 Å². The Hall–Kier alpha value is -0.520. The molecule has 0 N–H and O–H groups in total. The molecule has 0 bridgehead atoms. The van der Waals surface area contributed by atoms with Gasteiger partial charge in [-0.1, -0.05) is 28.4 Å². The van der Waals surface area contributed by atoms with Gasteiger partial charge >= 0.3 is 0 Å². The molecule has 0 saturated carbocycles. The summed E-state index contributed by atoms with van der Waals surface area (Å²) < 4.78 is 0. The number of halogens is 2. The minimum Gasteiger partial charge on any atom is -0.302 e. The summed E-state index contributed by atoms with van der Waals surface area (Å²) in [5.74, 6) is 0. The molecule has 0 aromatic carbocycles. The highest BCUT2D eigenvalue weighted by atomic mass is 79.9. The van der Waals surface area contributed by atoms with Gasteiger partial charge in [-0.15, -0.1) is 16.5 Å². The molecule has 0 spiro atoms. The van der Waals surface area contributed by atoms with E-state index in [-0.39, 0.29) is 5.38 Å². The van der Waals surface area contributed by atoms with E-state index in [9.17, 15) is 4.91 Å². The minimum atomic E-state index is -0.551. The van der Waals surface area contributed by atoms with Crippen molar-refractivity contribution in [1.82, 2.24) is 9.88 Å². The highest BCUT2D eigenvalue weighted by Gasteiger charge is 2.19. The first kappa shape index (κ1) is 15.9. The smallest absolute Gasteiger partial charge is 0.173 e. The van der Waals surface area contributed by atoms with Gasteiger partial charge in [-0.3, -0.25) is 4.98 Å². The molecule has 2 unspecified atom stereocenters. The number of nitrogens with zero attached hydrogens (tertiary/aromatic N) is 3. The van der Waals surface area contributed by atoms with Crippen molar-refractivity contribution in [1.29, 1.82) is 0 Å². The number of hydrogen-bond acceptors (Lipinski definition) is 4. The minimum absolute atomic E-state index is 0.00750. The molecule has 1 saturated heterocycles. The molecule has 2 atom stereocenters. The van der Waals surface area contributed by atoms with Gasteiger partial charge in [0.1, 0.15) is 0 Å². The first-order valence-electron chi connectivity index (χ1n) is 6.97. The highest BCUT2D eigenvalue weighted by molar-refractivity contribution is 9.09. The lowest BCUT2D eigenvalue weighted by atomic mass is 10.1. The number of piperidine rings is 1. The summed E-state index contributed by atoms with van der Waals surface area (Å²) in [6.45, 7) is 3.14. The van der Waals surface area contributed by atoms with Crippen LogP contribution < -0.4 is 0 Å². The summed E-state index contributed by atoms with van der Waals surface area (Å²) in [6.07, 6.45) is 6.23. The van der Waals surface area contributed by atoms with E-state index >= 15 is 0 Å². The monoisotopic (exact) mass is 359 g/mol. The molecular weight excluding hydrogens is 342 g/mol. The molecule has 1 aliphatic rings. The zero-order chi connectivity index (χ0) is 14.4. The van der Waals surface area contributed by atoms with Crippen molar-refractivity contribution < 1.29 is 0 Å². The highest BCUT2D eigenvalue weighted by Crippen LogP contribution is 2.27. The Kier molecular flexibility index (Phi) is 6.39. The summed E-state index contributed by atoms with van der Waals surface area (Å²) in [7, 11) is 0. The lowest BCUT2D eigenvalue weighted by Gasteiger charge is -2.28. The van der Waals surface area contributed by atoms with Crippen LogP contribution in [0.15, 0.2) is 23.5 Å². The molecule has 110 valence electrons. The predicted octanol–water partition coefficient (Wildman–Crippen LogP) is 3.88. The normalized spacial score (nSPS) is 19.5. The Morgan fingerprint density at radius 3 is 2.85 bits per heavy atom. The topological polar surface area (TPSA) is 45.6 Å². The van der Waals surface area contributed by atoms with E-state index in [4.69, 9.17) is 11.6 Å². The summed E-state index contributed by atoms with van der Waals surface area (Å²) >= 11 is 9.71. The SMILES string of the molecule is O=NC(Br)c1cccnc1CC(Cl)CN1CCCCC1. The van der Waals surface area contributed by atoms with Crippen LogP contribution in [0.2, 0.25) is 0 Å². The molecule has 2 heterocycles. The fourth-order valence-electron chi connectivity index (χ4n) is 2.59. The summed E-state index contributed by atoms with van der Waals surface area (Å²) in [5.41, 5.74) is 1.66. The predicted molar refractivity (Wildman–Crippen MR) is 85.3 cm³/mol. The number of pyridine rings is 1. The average Bonchev–Trinajstić information content (AvgIpc) is 2.48. The average molecular weight is 361 g/mol. The second kappa shape index (κ2) is 8.05. The van der Waals surface area contributed by atoms with E-state index in [1.807, 2.05) is 12.1 Å². The summed E-state index contributed by atoms with van der Waals surface area (Å²) in [4.78, 5) is 16.9. The van der Waals surface area contributed by atoms with Crippen molar-refractivity contribution in [3.63, 3.8) is 0 Å². The van der Waals surface area contributed by atoms with Gasteiger partial charge in [0.2, 0.25) is 0 Å². The Morgan fingerprint density at radius 2 is 2.15 bits per heavy atom. The molecule has 4 nitrogen and oxygen atoms in total. The van der Waals surface area contributed by atoms with Crippen molar-refractivity contribution in [2.75, 3.05) is 19.6 Å². The molecule has 6 heteroatoms. The van der Waals surface area contributed by atoms with Crippen molar-refractivity contribution in [2.24, 2.45) is 5.18 Å². The van der Waals surface area contributed by atoms with Crippen LogP contribution in [0, 0.1) is 4.91 Å². The Bertz CT molecular complexity index is 440. The maximum absolute atomic E-state index is 10.7. The van der Waals surface area contributed by atoms with Crippen LogP contribution in [0.1, 0.15) is 35.5 Å². The van der Waals surface area contributed by atoms with Crippen LogP contribution in [-0.2, 0) is 6.42 Å². The maximum Gasteiger partial charge on any atom is 0.173 e. The third kappa shape index (κ3) is 4.50. The van der Waals surface area contributed by atoms with E-state index in [0.717, 1.165) is 30.9 Å². The maximum atomic E-state index is 10.7. The van der Waals surface area contributed by atoms with Crippen molar-refractivity contribution in [3.8, 4) is 0 Å². The zero-order valence-corrected chi connectivity index (χ0v) is 13.7.